The molecule has 0 aromatic heterocycles. The highest BCUT2D eigenvalue weighted by Gasteiger charge is 2.42. The molecule has 0 spiro atoms. The van der Waals surface area contributed by atoms with Gasteiger partial charge in [0.1, 0.15) is 90.6 Å². The summed E-state index contributed by atoms with van der Waals surface area (Å²) < 4.78 is 0. The van der Waals surface area contributed by atoms with Crippen LogP contribution in [-0.4, -0.2) is 242 Å². The van der Waals surface area contributed by atoms with Crippen LogP contribution < -0.4 is 120 Å². The number of nitrogens with zero attached hydrogens (tertiary/aromatic N) is 1. The Morgan fingerprint density at radius 1 is 0.273 bits per heavy atom. The second-order valence-electron chi connectivity index (χ2n) is 36.4. The van der Waals surface area contributed by atoms with Gasteiger partial charge in [0.2, 0.25) is 94.5 Å². The highest BCUT2D eigenvalue weighted by Crippen LogP contribution is 2.23. The summed E-state index contributed by atoms with van der Waals surface area (Å²) in [4.78, 5) is 229. The SMILES string of the molecule is CCCCCC(=O)N[C@@H](CCCCN)C(=O)N[C@@H](CCCCN)C(=O)N[C@@H](C)C(=O)N[C@@H](CC(C)C)C(=O)N[C@@H](CCCCN)C(=O)N[C@@H](CC(C)C)C(=O)N[C@@H](C)C(=O)N[C@@H](CCCCN)C(=O)N[C@@H](CCCCN)C(=O)N1CCC[C@H]1C(=O)N[C@@H](CC(C)C)C(=O)N[C@@H](CCCCN)C(=O)N[C@@H](CC(C)C)C(=O)N[C@@H](CC(C)C)C(=O)N[C@@H](CCCCN)C(N)=O. The van der Waals surface area contributed by atoms with Crippen molar-refractivity contribution in [2.75, 3.05) is 52.4 Å². The molecule has 39 nitrogen and oxygen atoms in total. The van der Waals surface area contributed by atoms with E-state index in [2.05, 4.69) is 74.4 Å². The third-order valence-corrected chi connectivity index (χ3v) is 22.1. The summed E-state index contributed by atoms with van der Waals surface area (Å²) in [7, 11) is 0. The number of nitrogens with two attached hydrogens (primary N) is 8. The average molecular weight is 1820 g/mol. The van der Waals surface area contributed by atoms with Gasteiger partial charge in [0.05, 0.1) is 0 Å². The molecule has 15 atom stereocenters. The molecule has 16 amide bonds. The van der Waals surface area contributed by atoms with E-state index in [4.69, 9.17) is 45.9 Å². The van der Waals surface area contributed by atoms with Crippen molar-refractivity contribution in [2.45, 2.75) is 386 Å². The predicted octanol–water partition coefficient (Wildman–Crippen LogP) is 0.00350. The Morgan fingerprint density at radius 3 is 0.805 bits per heavy atom. The largest absolute Gasteiger partial charge is 0.368 e. The topological polar surface area (TPSA) is 653 Å². The third-order valence-electron chi connectivity index (χ3n) is 22.1. The Morgan fingerprint density at radius 2 is 0.508 bits per heavy atom. The summed E-state index contributed by atoms with van der Waals surface area (Å²) in [5.41, 5.74) is 46.5. The molecular weight excluding hydrogens is 1650 g/mol. The lowest BCUT2D eigenvalue weighted by molar-refractivity contribution is -0.143. The molecule has 30 N–H and O–H groups in total. The van der Waals surface area contributed by atoms with E-state index in [1.54, 1.807) is 0 Å². The molecule has 1 heterocycles. The normalized spacial score (nSPS) is 16.0. The Kier molecular flexibility index (Phi) is 61.0. The fraction of sp³-hybridized carbons (Fsp3) is 0.820. The number of likely N-dealkylation sites (tertiary alicyclic amines) is 1. The monoisotopic (exact) mass is 1820 g/mol. The van der Waals surface area contributed by atoms with Crippen LogP contribution in [0.15, 0.2) is 0 Å². The first-order chi connectivity index (χ1) is 60.7. The zero-order valence-electron chi connectivity index (χ0n) is 79.4. The lowest BCUT2D eigenvalue weighted by Gasteiger charge is -2.31. The van der Waals surface area contributed by atoms with Gasteiger partial charge in [0.15, 0.2) is 0 Å². The number of carbonyl (C=O) groups is 16. The smallest absolute Gasteiger partial charge is 0.245 e. The average Bonchev–Trinajstić information content (AvgIpc) is 1.64. The third kappa shape index (κ3) is 48.2. The minimum absolute atomic E-state index is 0.0334. The van der Waals surface area contributed by atoms with Gasteiger partial charge < -0.3 is 125 Å². The van der Waals surface area contributed by atoms with E-state index in [0.717, 1.165) is 12.8 Å². The van der Waals surface area contributed by atoms with Crippen LogP contribution in [0.4, 0.5) is 0 Å². The number of unbranched alkanes of at least 4 members (excludes halogenated alkanes) is 9. The van der Waals surface area contributed by atoms with Crippen LogP contribution >= 0.6 is 0 Å². The number of nitrogens with one attached hydrogen (secondary N) is 14. The van der Waals surface area contributed by atoms with Crippen molar-refractivity contribution >= 4 is 94.5 Å². The van der Waals surface area contributed by atoms with Crippen LogP contribution in [0, 0.1) is 29.6 Å². The second-order valence-corrected chi connectivity index (χ2v) is 36.4. The van der Waals surface area contributed by atoms with Gasteiger partial charge in [-0.25, -0.2) is 0 Å². The molecule has 1 fully saturated rings. The van der Waals surface area contributed by atoms with Gasteiger partial charge in [-0.15, -0.1) is 0 Å². The summed E-state index contributed by atoms with van der Waals surface area (Å²) in [6.07, 6.45) is 11.0. The minimum Gasteiger partial charge on any atom is -0.368 e. The minimum atomic E-state index is -1.35. The number of carbonyl (C=O) groups excluding carboxylic acids is 16. The van der Waals surface area contributed by atoms with Crippen LogP contribution in [0.2, 0.25) is 0 Å². The Hall–Kier alpha value is -8.76. The van der Waals surface area contributed by atoms with Crippen molar-refractivity contribution in [3.63, 3.8) is 0 Å². The summed E-state index contributed by atoms with van der Waals surface area (Å²) in [5.74, 6) is -11.8. The van der Waals surface area contributed by atoms with E-state index < -0.39 is 179 Å². The first-order valence-corrected chi connectivity index (χ1v) is 47.4. The van der Waals surface area contributed by atoms with Gasteiger partial charge in [0, 0.05) is 13.0 Å². The van der Waals surface area contributed by atoms with E-state index in [0.29, 0.717) is 122 Å². The fourth-order valence-electron chi connectivity index (χ4n) is 15.0. The number of hydrogen-bond acceptors (Lipinski definition) is 23. The summed E-state index contributed by atoms with van der Waals surface area (Å²) in [6.45, 7) is 25.3. The van der Waals surface area contributed by atoms with Crippen molar-refractivity contribution in [2.24, 2.45) is 75.5 Å². The van der Waals surface area contributed by atoms with Gasteiger partial charge >= 0.3 is 0 Å². The first kappa shape index (κ1) is 117. The highest BCUT2D eigenvalue weighted by atomic mass is 16.2. The molecule has 0 aromatic rings. The molecule has 39 heteroatoms. The van der Waals surface area contributed by atoms with Gasteiger partial charge in [-0.1, -0.05) is 89.0 Å². The van der Waals surface area contributed by atoms with Crippen LogP contribution in [-0.2, 0) is 76.7 Å². The molecule has 1 saturated heterocycles. The molecule has 0 aliphatic carbocycles. The molecule has 0 saturated carbocycles. The van der Waals surface area contributed by atoms with E-state index in [9.17, 15) is 71.9 Å². The zero-order chi connectivity index (χ0) is 96.5. The summed E-state index contributed by atoms with van der Waals surface area (Å²) in [5, 5.41) is 38.9. The van der Waals surface area contributed by atoms with E-state index >= 15 is 4.79 Å². The van der Waals surface area contributed by atoms with E-state index in [1.807, 2.05) is 76.2 Å². The molecule has 0 radical (unpaired) electrons. The second kappa shape index (κ2) is 66.6. The lowest BCUT2D eigenvalue weighted by atomic mass is 9.98. The number of rotatable bonds is 71. The number of primary amides is 1. The zero-order valence-corrected chi connectivity index (χ0v) is 79.4. The molecule has 1 aliphatic rings. The maximum absolute atomic E-state index is 15.0. The first-order valence-electron chi connectivity index (χ1n) is 47.4. The lowest BCUT2D eigenvalue weighted by Crippen LogP contribution is -2.61. The van der Waals surface area contributed by atoms with E-state index in [-0.39, 0.29) is 158 Å². The van der Waals surface area contributed by atoms with Crippen LogP contribution in [0.1, 0.15) is 295 Å². The van der Waals surface area contributed by atoms with Crippen molar-refractivity contribution in [3.8, 4) is 0 Å². The summed E-state index contributed by atoms with van der Waals surface area (Å²) >= 11 is 0. The van der Waals surface area contributed by atoms with Crippen molar-refractivity contribution in [1.29, 1.82) is 0 Å². The van der Waals surface area contributed by atoms with Gasteiger partial charge in [-0.05, 0) is 275 Å². The molecule has 128 heavy (non-hydrogen) atoms. The van der Waals surface area contributed by atoms with Gasteiger partial charge in [-0.3, -0.25) is 76.7 Å². The summed E-state index contributed by atoms with van der Waals surface area (Å²) in [6, 6.07) is -18.0. The highest BCUT2D eigenvalue weighted by molar-refractivity contribution is 6.01. The van der Waals surface area contributed by atoms with Crippen molar-refractivity contribution < 1.29 is 76.7 Å². The van der Waals surface area contributed by atoms with Crippen molar-refractivity contribution in [3.05, 3.63) is 0 Å². The number of amides is 16. The van der Waals surface area contributed by atoms with Crippen LogP contribution in [0.5, 0.6) is 0 Å². The predicted molar refractivity (Wildman–Crippen MR) is 494 cm³/mol. The standard InChI is InChI=1S/C89H169N23O16/c1-14-15-16-40-74(113)100-62(33-18-25-42-91)79(118)103-63(34-19-26-43-92)78(117)98-60(13)77(116)107-69(50-55(4)5)85(124)104-65(36-21-28-45-94)81(120)108-68(49-54(2)3)83(122)99-59(12)76(115)102-64(35-20-27-44-93)80(119)106-67(38-23-30-47-96)89(128)112-48-31-39-73(112)88(127)111-72(53-58(10)11)86(125)105-66(37-22-29-46-95)82(121)109-71(52-57(8)9)87(126)110-70(51-56(6)7)84(123)101-61(75(97)114)32-17-24-41-90/h54-73H,14-53,90-96H2,1-13H3,(H2,97,114)(H,98,117)(H,99,122)(H,100,113)(H,101,123)(H,102,115)(H,103,118)(H,104,124)(H,105,125)(H,106,119)(H,107,116)(H,108,120)(H,109,121)(H,110,126)(H,111,127)/t59-,60-,61-,62-,63-,64-,65-,66-,67-,68-,69-,70-,71-,72-,73-/m0/s1. The van der Waals surface area contributed by atoms with Crippen molar-refractivity contribution in [1.82, 2.24) is 79.3 Å². The van der Waals surface area contributed by atoms with E-state index in [1.165, 1.54) is 18.7 Å². The fourth-order valence-corrected chi connectivity index (χ4v) is 15.0. The quantitative estimate of drug-likeness (QED) is 0.0357. The molecule has 736 valence electrons. The van der Waals surface area contributed by atoms with Crippen LogP contribution in [0.25, 0.3) is 0 Å². The Balaban J connectivity index is 3.60. The van der Waals surface area contributed by atoms with Crippen LogP contribution in [0.3, 0.4) is 0 Å². The van der Waals surface area contributed by atoms with Gasteiger partial charge in [0.25, 0.3) is 0 Å². The maximum atomic E-state index is 15.0. The Labute approximate surface area is 761 Å². The number of hydrogen-bond donors (Lipinski definition) is 22. The molecule has 0 aromatic carbocycles. The molecule has 0 bridgehead atoms. The Bertz CT molecular complexity index is 3370. The molecule has 1 aliphatic heterocycles. The molecule has 0 unspecified atom stereocenters. The van der Waals surface area contributed by atoms with Gasteiger partial charge in [-0.2, -0.15) is 0 Å². The molecular formula is C89H169N23O16. The maximum Gasteiger partial charge on any atom is 0.245 e. The molecule has 1 rings (SSSR count).